The van der Waals surface area contributed by atoms with Gasteiger partial charge in [-0.15, -0.1) is 0 Å². The summed E-state index contributed by atoms with van der Waals surface area (Å²) in [5.41, 5.74) is 0. The van der Waals surface area contributed by atoms with E-state index in [0.29, 0.717) is 6.42 Å². The van der Waals surface area contributed by atoms with Crippen LogP contribution in [0, 0.1) is 5.92 Å². The average Bonchev–Trinajstić information content (AvgIpc) is 2.19. The predicted octanol–water partition coefficient (Wildman–Crippen LogP) is -0.207. The van der Waals surface area contributed by atoms with Gasteiger partial charge in [0.25, 0.3) is 0 Å². The molecule has 2 atom stereocenters. The molecule has 0 radical (unpaired) electrons. The summed E-state index contributed by atoms with van der Waals surface area (Å²) in [6.07, 6.45) is 1.69. The molecule has 0 aromatic rings. The van der Waals surface area contributed by atoms with Gasteiger partial charge >= 0.3 is 0 Å². The quantitative estimate of drug-likeness (QED) is 0.759. The van der Waals surface area contributed by atoms with Gasteiger partial charge in [0.2, 0.25) is 11.8 Å². The van der Waals surface area contributed by atoms with E-state index in [1.54, 1.807) is 6.92 Å². The number of nitrogens with one attached hydrogen (secondary N) is 1. The van der Waals surface area contributed by atoms with Crippen molar-refractivity contribution in [1.82, 2.24) is 10.2 Å². The lowest BCUT2D eigenvalue weighted by Gasteiger charge is -2.36. The van der Waals surface area contributed by atoms with Gasteiger partial charge in [0.05, 0.1) is 12.3 Å². The first-order valence-corrected chi connectivity index (χ1v) is 8.43. The van der Waals surface area contributed by atoms with Crippen LogP contribution in [0.2, 0.25) is 0 Å². The van der Waals surface area contributed by atoms with Gasteiger partial charge < -0.3 is 10.2 Å². The molecule has 1 heterocycles. The fourth-order valence-corrected chi connectivity index (χ4v) is 3.32. The molecule has 0 aromatic heterocycles. The van der Waals surface area contributed by atoms with Gasteiger partial charge in [-0.3, -0.25) is 9.59 Å². The van der Waals surface area contributed by atoms with E-state index in [1.807, 2.05) is 13.8 Å². The monoisotopic (exact) mass is 290 g/mol. The summed E-state index contributed by atoms with van der Waals surface area (Å²) in [5.74, 6) is -0.269. The Morgan fingerprint density at radius 3 is 2.37 bits per heavy atom. The highest BCUT2D eigenvalue weighted by Gasteiger charge is 2.36. The number of piperazine rings is 1. The van der Waals surface area contributed by atoms with Crippen LogP contribution in [0.5, 0.6) is 0 Å². The summed E-state index contributed by atoms with van der Waals surface area (Å²) in [6, 6.07) is -1.02. The van der Waals surface area contributed by atoms with E-state index in [4.69, 9.17) is 0 Å². The molecule has 6 nitrogen and oxygen atoms in total. The van der Waals surface area contributed by atoms with Crippen LogP contribution >= 0.6 is 0 Å². The first kappa shape index (κ1) is 15.9. The van der Waals surface area contributed by atoms with Gasteiger partial charge in [-0.05, 0) is 19.3 Å². The number of sulfone groups is 1. The van der Waals surface area contributed by atoms with Crippen molar-refractivity contribution in [2.24, 2.45) is 5.92 Å². The minimum atomic E-state index is -3.18. The van der Waals surface area contributed by atoms with E-state index in [9.17, 15) is 18.0 Å². The van der Waals surface area contributed by atoms with Crippen LogP contribution < -0.4 is 5.32 Å². The summed E-state index contributed by atoms with van der Waals surface area (Å²) in [7, 11) is -3.18. The second kappa shape index (κ2) is 5.90. The maximum absolute atomic E-state index is 12.3. The van der Waals surface area contributed by atoms with Crippen LogP contribution in [0.25, 0.3) is 0 Å². The van der Waals surface area contributed by atoms with Crippen molar-refractivity contribution < 1.29 is 18.0 Å². The van der Waals surface area contributed by atoms with E-state index in [0.717, 1.165) is 6.26 Å². The van der Waals surface area contributed by atoms with E-state index in [-0.39, 0.29) is 30.0 Å². The molecule has 0 bridgehead atoms. The van der Waals surface area contributed by atoms with Gasteiger partial charge in [-0.1, -0.05) is 13.8 Å². The summed E-state index contributed by atoms with van der Waals surface area (Å²) in [5, 5.41) is 2.67. The smallest absolute Gasteiger partial charge is 0.245 e. The molecular weight excluding hydrogens is 268 g/mol. The molecule has 1 aliphatic rings. The lowest BCUT2D eigenvalue weighted by molar-refractivity contribution is -0.146. The zero-order valence-corrected chi connectivity index (χ0v) is 12.7. The Labute approximate surface area is 114 Å². The molecular formula is C12H22N2O4S. The number of hydrogen-bond donors (Lipinski definition) is 1. The van der Waals surface area contributed by atoms with Crippen LogP contribution in [0.1, 0.15) is 27.2 Å². The van der Waals surface area contributed by atoms with Gasteiger partial charge in [0.15, 0.2) is 0 Å². The number of rotatable bonds is 5. The number of carbonyl (C=O) groups is 2. The van der Waals surface area contributed by atoms with E-state index in [1.165, 1.54) is 4.90 Å². The Morgan fingerprint density at radius 1 is 1.32 bits per heavy atom. The highest BCUT2D eigenvalue weighted by Crippen LogP contribution is 2.14. The Bertz CT molecular complexity index is 458. The van der Waals surface area contributed by atoms with Gasteiger partial charge in [-0.2, -0.15) is 0 Å². The highest BCUT2D eigenvalue weighted by atomic mass is 32.2. The van der Waals surface area contributed by atoms with Crippen molar-refractivity contribution in [2.45, 2.75) is 39.3 Å². The Morgan fingerprint density at radius 2 is 1.89 bits per heavy atom. The standard InChI is InChI=1S/C12H22N2O4S/c1-8(2)5-10-12(16)14(6-11(15)13-10)9(3)7-19(4,17)18/h8-10H,5-7H2,1-4H3,(H,13,15). The third kappa shape index (κ3) is 4.81. The zero-order chi connectivity index (χ0) is 14.8. The van der Waals surface area contributed by atoms with E-state index >= 15 is 0 Å². The highest BCUT2D eigenvalue weighted by molar-refractivity contribution is 7.90. The maximum atomic E-state index is 12.3. The van der Waals surface area contributed by atoms with Gasteiger partial charge in [-0.25, -0.2) is 8.42 Å². The van der Waals surface area contributed by atoms with Crippen molar-refractivity contribution in [3.63, 3.8) is 0 Å². The van der Waals surface area contributed by atoms with Gasteiger partial charge in [0.1, 0.15) is 15.9 Å². The van der Waals surface area contributed by atoms with Crippen molar-refractivity contribution in [3.8, 4) is 0 Å². The van der Waals surface area contributed by atoms with Crippen LogP contribution in [-0.4, -0.2) is 55.8 Å². The van der Waals surface area contributed by atoms with Crippen LogP contribution in [0.15, 0.2) is 0 Å². The van der Waals surface area contributed by atoms with Crippen molar-refractivity contribution in [2.75, 3.05) is 18.6 Å². The van der Waals surface area contributed by atoms with Crippen LogP contribution in [0.4, 0.5) is 0 Å². The molecule has 1 fully saturated rings. The molecule has 0 aromatic carbocycles. The first-order valence-electron chi connectivity index (χ1n) is 6.37. The molecule has 1 aliphatic heterocycles. The molecule has 0 aliphatic carbocycles. The van der Waals surface area contributed by atoms with Crippen molar-refractivity contribution >= 4 is 21.7 Å². The van der Waals surface area contributed by atoms with Crippen LogP contribution in [0.3, 0.4) is 0 Å². The molecule has 2 amide bonds. The SMILES string of the molecule is CC(C)CC1NC(=O)CN(C(C)CS(C)(=O)=O)C1=O. The molecule has 1 saturated heterocycles. The molecule has 0 saturated carbocycles. The number of nitrogens with zero attached hydrogens (tertiary/aromatic N) is 1. The molecule has 0 spiro atoms. The third-order valence-corrected chi connectivity index (χ3v) is 4.10. The lowest BCUT2D eigenvalue weighted by Crippen LogP contribution is -2.61. The molecule has 19 heavy (non-hydrogen) atoms. The second-order valence-electron chi connectivity index (χ2n) is 5.66. The summed E-state index contributed by atoms with van der Waals surface area (Å²) in [4.78, 5) is 25.2. The lowest BCUT2D eigenvalue weighted by atomic mass is 10.0. The van der Waals surface area contributed by atoms with Crippen molar-refractivity contribution in [3.05, 3.63) is 0 Å². The third-order valence-electron chi connectivity index (χ3n) is 3.01. The van der Waals surface area contributed by atoms with E-state index in [2.05, 4.69) is 5.32 Å². The summed E-state index contributed by atoms with van der Waals surface area (Å²) in [6.45, 7) is 5.53. The predicted molar refractivity (Wildman–Crippen MR) is 72.3 cm³/mol. The maximum Gasteiger partial charge on any atom is 0.245 e. The van der Waals surface area contributed by atoms with E-state index < -0.39 is 21.9 Å². The molecule has 1 rings (SSSR count). The Hall–Kier alpha value is -1.11. The fourth-order valence-electron chi connectivity index (χ4n) is 2.27. The van der Waals surface area contributed by atoms with Crippen LogP contribution in [-0.2, 0) is 19.4 Å². The normalized spacial score (nSPS) is 22.6. The minimum Gasteiger partial charge on any atom is -0.343 e. The topological polar surface area (TPSA) is 83.6 Å². The molecule has 110 valence electrons. The largest absolute Gasteiger partial charge is 0.343 e. The number of hydrogen-bond acceptors (Lipinski definition) is 4. The Balaban J connectivity index is 2.82. The molecule has 1 N–H and O–H groups in total. The number of amides is 2. The number of carbonyl (C=O) groups excluding carboxylic acids is 2. The summed E-state index contributed by atoms with van der Waals surface area (Å²) < 4.78 is 22.6. The fraction of sp³-hybridized carbons (Fsp3) is 0.833. The first-order chi connectivity index (χ1) is 8.60. The second-order valence-corrected chi connectivity index (χ2v) is 7.84. The zero-order valence-electron chi connectivity index (χ0n) is 11.8. The molecule has 7 heteroatoms. The average molecular weight is 290 g/mol. The van der Waals surface area contributed by atoms with Gasteiger partial charge in [0, 0.05) is 12.3 Å². The minimum absolute atomic E-state index is 0.0654. The summed E-state index contributed by atoms with van der Waals surface area (Å²) >= 11 is 0. The Kier molecular flexibility index (Phi) is 4.95. The molecule has 2 unspecified atom stereocenters. The van der Waals surface area contributed by atoms with Crippen molar-refractivity contribution in [1.29, 1.82) is 0 Å².